The highest BCUT2D eigenvalue weighted by Crippen LogP contribution is 2.29. The van der Waals surface area contributed by atoms with Crippen molar-refractivity contribution in [1.82, 2.24) is 0 Å². The van der Waals surface area contributed by atoms with E-state index in [9.17, 15) is 25.2 Å². The second-order valence-corrected chi connectivity index (χ2v) is 6.74. The minimum Gasteiger partial charge on any atom is -0.496 e. The van der Waals surface area contributed by atoms with Crippen molar-refractivity contribution in [3.8, 4) is 11.5 Å². The van der Waals surface area contributed by atoms with Crippen LogP contribution in [0.3, 0.4) is 0 Å². The zero-order valence-corrected chi connectivity index (χ0v) is 15.4. The van der Waals surface area contributed by atoms with Crippen LogP contribution < -0.4 is 14.9 Å². The number of hydrogen-bond acceptors (Lipinski definition) is 9. The van der Waals surface area contributed by atoms with E-state index in [2.05, 4.69) is 0 Å². The number of aliphatic hydroxyl groups excluding tert-OH is 4. The van der Waals surface area contributed by atoms with Crippen LogP contribution in [0.4, 0.5) is 0 Å². The molecule has 4 rings (SSSR count). The smallest absolute Gasteiger partial charge is 0.229 e. The predicted octanol–water partition coefficient (Wildman–Crippen LogP) is 0.133. The molecule has 1 fully saturated rings. The SMILES string of the molecule is COc1cccc2oc3ccc(O[C@@H]4O[C@H](CO)[C@@H](O)[C@H](O)[C@H]4O)cc3c(=O)c12. The monoisotopic (exact) mass is 404 g/mol. The summed E-state index contributed by atoms with van der Waals surface area (Å²) in [5.41, 5.74) is 0.388. The molecule has 0 unspecified atom stereocenters. The Balaban J connectivity index is 1.73. The van der Waals surface area contributed by atoms with Crippen LogP contribution in [0, 0.1) is 0 Å². The molecule has 0 saturated carbocycles. The lowest BCUT2D eigenvalue weighted by molar-refractivity contribution is -0.277. The largest absolute Gasteiger partial charge is 0.496 e. The van der Waals surface area contributed by atoms with Crippen molar-refractivity contribution < 1.29 is 39.1 Å². The van der Waals surface area contributed by atoms with Crippen LogP contribution in [0.5, 0.6) is 11.5 Å². The maximum Gasteiger partial charge on any atom is 0.229 e. The van der Waals surface area contributed by atoms with E-state index in [1.165, 1.54) is 25.3 Å². The maximum absolute atomic E-state index is 13.0. The lowest BCUT2D eigenvalue weighted by atomic mass is 9.99. The van der Waals surface area contributed by atoms with Crippen LogP contribution in [-0.2, 0) is 4.74 Å². The third-order valence-electron chi connectivity index (χ3n) is 4.95. The van der Waals surface area contributed by atoms with Crippen LogP contribution in [0.25, 0.3) is 21.9 Å². The Kier molecular flexibility index (Phi) is 5.15. The fourth-order valence-electron chi connectivity index (χ4n) is 3.39. The molecule has 29 heavy (non-hydrogen) atoms. The highest BCUT2D eigenvalue weighted by atomic mass is 16.7. The van der Waals surface area contributed by atoms with Gasteiger partial charge in [-0.2, -0.15) is 0 Å². The van der Waals surface area contributed by atoms with Gasteiger partial charge >= 0.3 is 0 Å². The Hall–Kier alpha value is -2.69. The van der Waals surface area contributed by atoms with Crippen molar-refractivity contribution in [3.05, 3.63) is 46.6 Å². The van der Waals surface area contributed by atoms with Gasteiger partial charge in [-0.15, -0.1) is 0 Å². The van der Waals surface area contributed by atoms with Crippen LogP contribution in [-0.4, -0.2) is 64.8 Å². The van der Waals surface area contributed by atoms with E-state index in [0.717, 1.165) is 0 Å². The van der Waals surface area contributed by atoms with Gasteiger partial charge in [-0.25, -0.2) is 0 Å². The van der Waals surface area contributed by atoms with Gasteiger partial charge in [-0.1, -0.05) is 6.07 Å². The average Bonchev–Trinajstić information content (AvgIpc) is 2.74. The van der Waals surface area contributed by atoms with E-state index in [1.54, 1.807) is 18.2 Å². The molecule has 9 nitrogen and oxygen atoms in total. The molecule has 1 aromatic heterocycles. The summed E-state index contributed by atoms with van der Waals surface area (Å²) in [6.45, 7) is -0.572. The molecule has 2 heterocycles. The zero-order valence-electron chi connectivity index (χ0n) is 15.4. The standard InChI is InChI=1S/C20H20O9/c1-26-12-3-2-4-13-15(12)16(22)10-7-9(5-6-11(10)28-13)27-20-19(25)18(24)17(23)14(8-21)29-20/h2-7,14,17-21,23-25H,8H2,1H3/t14-,17-,18+,19-,20-/m1/s1. The van der Waals surface area contributed by atoms with E-state index in [4.69, 9.17) is 18.6 Å². The van der Waals surface area contributed by atoms with Gasteiger partial charge in [-0.05, 0) is 30.3 Å². The molecule has 1 saturated heterocycles. The lowest BCUT2D eigenvalue weighted by Gasteiger charge is -2.39. The van der Waals surface area contributed by atoms with Crippen molar-refractivity contribution in [2.75, 3.05) is 13.7 Å². The summed E-state index contributed by atoms with van der Waals surface area (Å²) in [4.78, 5) is 13.0. The summed E-state index contributed by atoms with van der Waals surface area (Å²) in [5.74, 6) is 0.543. The second kappa shape index (κ2) is 7.62. The van der Waals surface area contributed by atoms with Crippen molar-refractivity contribution in [1.29, 1.82) is 0 Å². The first kappa shape index (κ1) is 19.6. The molecule has 4 N–H and O–H groups in total. The first-order chi connectivity index (χ1) is 13.9. The first-order valence-corrected chi connectivity index (χ1v) is 8.95. The number of methoxy groups -OCH3 is 1. The van der Waals surface area contributed by atoms with E-state index in [1.807, 2.05) is 0 Å². The molecule has 0 aliphatic carbocycles. The minimum atomic E-state index is -1.57. The predicted molar refractivity (Wildman–Crippen MR) is 101 cm³/mol. The second-order valence-electron chi connectivity index (χ2n) is 6.74. The highest BCUT2D eigenvalue weighted by Gasteiger charge is 2.44. The number of ether oxygens (including phenoxy) is 3. The Labute approximate surface area is 164 Å². The number of rotatable bonds is 4. The summed E-state index contributed by atoms with van der Waals surface area (Å²) in [6.07, 6.45) is -7.07. The molecule has 0 amide bonds. The van der Waals surface area contributed by atoms with Gasteiger partial charge in [0.1, 0.15) is 52.5 Å². The number of aliphatic hydroxyl groups is 4. The van der Waals surface area contributed by atoms with Crippen molar-refractivity contribution in [2.24, 2.45) is 0 Å². The van der Waals surface area contributed by atoms with Crippen molar-refractivity contribution >= 4 is 21.9 Å². The van der Waals surface area contributed by atoms with E-state index in [0.29, 0.717) is 16.9 Å². The fraction of sp³-hybridized carbons (Fsp3) is 0.350. The number of hydrogen-bond donors (Lipinski definition) is 4. The topological polar surface area (TPSA) is 139 Å². The van der Waals surface area contributed by atoms with Crippen LogP contribution >= 0.6 is 0 Å². The third kappa shape index (κ3) is 3.33. The first-order valence-electron chi connectivity index (χ1n) is 8.95. The molecular weight excluding hydrogens is 384 g/mol. The molecule has 2 aromatic carbocycles. The summed E-state index contributed by atoms with van der Waals surface area (Å²) in [7, 11) is 1.46. The number of benzene rings is 2. The summed E-state index contributed by atoms with van der Waals surface area (Å²) >= 11 is 0. The Morgan fingerprint density at radius 1 is 1.03 bits per heavy atom. The fourth-order valence-corrected chi connectivity index (χ4v) is 3.39. The van der Waals surface area contributed by atoms with Crippen LogP contribution in [0.15, 0.2) is 45.6 Å². The molecule has 1 aliphatic rings. The molecule has 5 atom stereocenters. The Morgan fingerprint density at radius 3 is 2.55 bits per heavy atom. The summed E-state index contributed by atoms with van der Waals surface area (Å²) < 4.78 is 21.9. The van der Waals surface area contributed by atoms with Gasteiger partial charge in [0.15, 0.2) is 0 Å². The molecule has 0 radical (unpaired) electrons. The van der Waals surface area contributed by atoms with Gasteiger partial charge in [0, 0.05) is 0 Å². The molecule has 9 heteroatoms. The van der Waals surface area contributed by atoms with Gasteiger partial charge in [0.25, 0.3) is 0 Å². The molecule has 3 aromatic rings. The summed E-state index contributed by atoms with van der Waals surface area (Å²) in [6, 6.07) is 9.51. The maximum atomic E-state index is 13.0. The molecule has 154 valence electrons. The van der Waals surface area contributed by atoms with E-state index < -0.39 is 37.3 Å². The average molecular weight is 404 g/mol. The highest BCUT2D eigenvalue weighted by molar-refractivity contribution is 5.93. The summed E-state index contributed by atoms with van der Waals surface area (Å²) in [5, 5.41) is 39.7. The van der Waals surface area contributed by atoms with Crippen LogP contribution in [0.1, 0.15) is 0 Å². The van der Waals surface area contributed by atoms with Gasteiger partial charge < -0.3 is 39.1 Å². The van der Waals surface area contributed by atoms with Crippen LogP contribution in [0.2, 0.25) is 0 Å². The van der Waals surface area contributed by atoms with E-state index in [-0.39, 0.29) is 22.0 Å². The minimum absolute atomic E-state index is 0.170. The lowest BCUT2D eigenvalue weighted by Crippen LogP contribution is -2.60. The Morgan fingerprint density at radius 2 is 1.83 bits per heavy atom. The number of fused-ring (bicyclic) bond motifs is 2. The zero-order chi connectivity index (χ0) is 20.7. The van der Waals surface area contributed by atoms with Gasteiger partial charge in [0.2, 0.25) is 11.7 Å². The Bertz CT molecular complexity index is 1090. The third-order valence-corrected chi connectivity index (χ3v) is 4.95. The van der Waals surface area contributed by atoms with Gasteiger partial charge in [-0.3, -0.25) is 4.79 Å². The quantitative estimate of drug-likeness (QED) is 0.447. The normalized spacial score (nSPS) is 27.3. The molecule has 1 aliphatic heterocycles. The molecule has 0 bridgehead atoms. The molecular formula is C20H20O9. The van der Waals surface area contributed by atoms with Crippen molar-refractivity contribution in [3.63, 3.8) is 0 Å². The molecule has 0 spiro atoms. The van der Waals surface area contributed by atoms with E-state index >= 15 is 0 Å². The van der Waals surface area contributed by atoms with Crippen molar-refractivity contribution in [2.45, 2.75) is 30.7 Å². The van der Waals surface area contributed by atoms with Gasteiger partial charge in [0.05, 0.1) is 19.1 Å².